The number of amides is 1. The van der Waals surface area contributed by atoms with Crippen LogP contribution < -0.4 is 5.32 Å². The molecule has 1 fully saturated rings. The van der Waals surface area contributed by atoms with Crippen molar-refractivity contribution in [1.29, 1.82) is 0 Å². The lowest BCUT2D eigenvalue weighted by Crippen LogP contribution is -2.64. The zero-order valence-electron chi connectivity index (χ0n) is 20.2. The Morgan fingerprint density at radius 1 is 1.23 bits per heavy atom. The molecule has 2 heterocycles. The van der Waals surface area contributed by atoms with E-state index < -0.39 is 23.0 Å². The molecule has 0 radical (unpaired) electrons. The SMILES string of the molecule is C=C(C)[C@H]1N(CC(=O)OC(C)(C)C)C(=S)C[C@@H](c2cccc(Cl)c2)[C@]12C(=O)Nc1cc(Cl)ccc12. The number of carbonyl (C=O) groups is 2. The predicted octanol–water partition coefficient (Wildman–Crippen LogP) is 6.29. The number of ether oxygens (including phenoxy) is 1. The first-order chi connectivity index (χ1) is 16.3. The van der Waals surface area contributed by atoms with Gasteiger partial charge < -0.3 is 15.0 Å². The summed E-state index contributed by atoms with van der Waals surface area (Å²) in [6.07, 6.45) is 0.373. The van der Waals surface area contributed by atoms with Crippen LogP contribution in [0.25, 0.3) is 0 Å². The van der Waals surface area contributed by atoms with Crippen LogP contribution in [0.2, 0.25) is 10.0 Å². The average molecular weight is 532 g/mol. The van der Waals surface area contributed by atoms with Crippen molar-refractivity contribution in [2.75, 3.05) is 11.9 Å². The summed E-state index contributed by atoms with van der Waals surface area (Å²) in [5.74, 6) is -0.950. The Morgan fingerprint density at radius 2 is 1.91 bits per heavy atom. The number of anilines is 1. The van der Waals surface area contributed by atoms with Crippen molar-refractivity contribution >= 4 is 58.0 Å². The van der Waals surface area contributed by atoms with E-state index in [2.05, 4.69) is 11.9 Å². The van der Waals surface area contributed by atoms with E-state index >= 15 is 0 Å². The maximum atomic E-state index is 14.1. The molecule has 0 unspecified atom stereocenters. The van der Waals surface area contributed by atoms with Gasteiger partial charge in [-0.3, -0.25) is 9.59 Å². The number of benzene rings is 2. The smallest absolute Gasteiger partial charge is 0.326 e. The Hall–Kier alpha value is -2.41. The fourth-order valence-corrected chi connectivity index (χ4v) is 6.14. The van der Waals surface area contributed by atoms with Gasteiger partial charge in [-0.15, -0.1) is 0 Å². The third-order valence-corrected chi connectivity index (χ3v) is 7.35. The lowest BCUT2D eigenvalue weighted by atomic mass is 9.59. The molecule has 5 nitrogen and oxygen atoms in total. The lowest BCUT2D eigenvalue weighted by molar-refractivity contribution is -0.156. The van der Waals surface area contributed by atoms with Gasteiger partial charge in [-0.2, -0.15) is 0 Å². The van der Waals surface area contributed by atoms with Crippen LogP contribution in [0.4, 0.5) is 5.69 Å². The van der Waals surface area contributed by atoms with Crippen LogP contribution in [0, 0.1) is 0 Å². The van der Waals surface area contributed by atoms with Crippen LogP contribution in [0.3, 0.4) is 0 Å². The van der Waals surface area contributed by atoms with Gasteiger partial charge in [-0.1, -0.05) is 65.8 Å². The number of thiocarbonyl (C=S) groups is 1. The van der Waals surface area contributed by atoms with Gasteiger partial charge in [0.15, 0.2) is 0 Å². The molecule has 35 heavy (non-hydrogen) atoms. The number of rotatable bonds is 4. The molecule has 8 heteroatoms. The molecule has 3 atom stereocenters. The molecule has 2 aliphatic rings. The summed E-state index contributed by atoms with van der Waals surface area (Å²) in [7, 11) is 0. The monoisotopic (exact) mass is 530 g/mol. The van der Waals surface area contributed by atoms with Gasteiger partial charge in [-0.25, -0.2) is 0 Å². The molecular formula is C27H28Cl2N2O3S. The van der Waals surface area contributed by atoms with Crippen molar-refractivity contribution in [1.82, 2.24) is 4.90 Å². The van der Waals surface area contributed by atoms with E-state index in [1.165, 1.54) is 0 Å². The van der Waals surface area contributed by atoms with Gasteiger partial charge in [0.2, 0.25) is 5.91 Å². The summed E-state index contributed by atoms with van der Waals surface area (Å²) in [5, 5.41) is 4.13. The Bertz CT molecular complexity index is 1240. The van der Waals surface area contributed by atoms with E-state index in [1.807, 2.05) is 52.0 Å². The quantitative estimate of drug-likeness (QED) is 0.286. The van der Waals surface area contributed by atoms with Crippen molar-refractivity contribution < 1.29 is 14.3 Å². The molecule has 2 aromatic rings. The maximum Gasteiger partial charge on any atom is 0.326 e. The molecule has 2 aromatic carbocycles. The van der Waals surface area contributed by atoms with Crippen LogP contribution in [0.15, 0.2) is 54.6 Å². The molecule has 2 aliphatic heterocycles. The van der Waals surface area contributed by atoms with E-state index in [-0.39, 0.29) is 18.4 Å². The second-order valence-corrected chi connectivity index (χ2v) is 11.5. The summed E-state index contributed by atoms with van der Waals surface area (Å²) < 4.78 is 5.60. The highest BCUT2D eigenvalue weighted by molar-refractivity contribution is 7.80. The van der Waals surface area contributed by atoms with E-state index in [9.17, 15) is 9.59 Å². The normalized spacial score (nSPS) is 23.8. The number of nitrogens with zero attached hydrogens (tertiary/aromatic N) is 1. The number of esters is 1. The van der Waals surface area contributed by atoms with Crippen LogP contribution in [0.5, 0.6) is 0 Å². The Labute approximate surface area is 221 Å². The second kappa shape index (κ2) is 9.23. The lowest BCUT2D eigenvalue weighted by Gasteiger charge is -2.52. The molecule has 0 aliphatic carbocycles. The van der Waals surface area contributed by atoms with E-state index in [4.69, 9.17) is 40.2 Å². The van der Waals surface area contributed by atoms with Crippen LogP contribution in [-0.4, -0.2) is 40.0 Å². The van der Waals surface area contributed by atoms with Crippen molar-refractivity contribution in [2.24, 2.45) is 0 Å². The number of nitrogens with one attached hydrogen (secondary N) is 1. The predicted molar refractivity (Wildman–Crippen MR) is 144 cm³/mol. The average Bonchev–Trinajstić information content (AvgIpc) is 3.00. The Morgan fingerprint density at radius 3 is 2.54 bits per heavy atom. The van der Waals surface area contributed by atoms with Crippen molar-refractivity contribution in [2.45, 2.75) is 57.1 Å². The zero-order chi connectivity index (χ0) is 25.7. The van der Waals surface area contributed by atoms with Gasteiger partial charge in [0.25, 0.3) is 0 Å². The molecule has 0 bridgehead atoms. The number of hydrogen-bond acceptors (Lipinski definition) is 4. The largest absolute Gasteiger partial charge is 0.459 e. The van der Waals surface area contributed by atoms with Crippen LogP contribution in [-0.2, 0) is 19.7 Å². The van der Waals surface area contributed by atoms with Crippen LogP contribution in [0.1, 0.15) is 51.2 Å². The third kappa shape index (κ3) is 4.59. The first-order valence-corrected chi connectivity index (χ1v) is 12.5. The van der Waals surface area contributed by atoms with Gasteiger partial charge >= 0.3 is 5.97 Å². The summed E-state index contributed by atoms with van der Waals surface area (Å²) >= 11 is 18.5. The molecule has 0 saturated carbocycles. The van der Waals surface area contributed by atoms with Crippen molar-refractivity contribution in [3.8, 4) is 0 Å². The summed E-state index contributed by atoms with van der Waals surface area (Å²) in [4.78, 5) is 29.3. The standard InChI is InChI=1S/C27H28Cl2N2O3S/c1-15(2)24-27(19-10-9-18(29)12-21(19)30-25(27)33)20(16-7-6-8-17(28)11-16)13-22(35)31(24)14-23(32)34-26(3,4)5/h6-12,20,24H,1,13-14H2,2-5H3,(H,30,33)/t20-,24+,27-/m0/s1. The van der Waals surface area contributed by atoms with Gasteiger partial charge in [0.05, 0.1) is 11.0 Å². The highest BCUT2D eigenvalue weighted by Gasteiger charge is 2.62. The fraction of sp³-hybridized carbons (Fsp3) is 0.370. The summed E-state index contributed by atoms with van der Waals surface area (Å²) in [6, 6.07) is 12.3. The molecule has 1 N–H and O–H groups in total. The summed E-state index contributed by atoms with van der Waals surface area (Å²) in [5.41, 5.74) is 1.28. The minimum Gasteiger partial charge on any atom is -0.459 e. The minimum absolute atomic E-state index is 0.0894. The maximum absolute atomic E-state index is 14.1. The molecule has 0 aromatic heterocycles. The number of hydrogen-bond donors (Lipinski definition) is 1. The number of fused-ring (bicyclic) bond motifs is 2. The molecule has 1 spiro atoms. The number of piperidine rings is 1. The molecule has 1 saturated heterocycles. The van der Waals surface area contributed by atoms with Gasteiger partial charge in [0, 0.05) is 28.1 Å². The molecular weight excluding hydrogens is 503 g/mol. The second-order valence-electron chi connectivity index (χ2n) is 10.2. The van der Waals surface area contributed by atoms with E-state index in [0.717, 1.165) is 11.1 Å². The number of carbonyl (C=O) groups excluding carboxylic acids is 2. The molecule has 4 rings (SSSR count). The molecule has 184 valence electrons. The van der Waals surface area contributed by atoms with Crippen LogP contribution >= 0.6 is 35.4 Å². The Balaban J connectivity index is 1.93. The highest BCUT2D eigenvalue weighted by Crippen LogP contribution is 2.56. The summed E-state index contributed by atoms with van der Waals surface area (Å²) in [6.45, 7) is 11.5. The van der Waals surface area contributed by atoms with E-state index in [1.54, 1.807) is 23.1 Å². The zero-order valence-corrected chi connectivity index (χ0v) is 22.5. The molecule has 1 amide bonds. The number of halogens is 2. The first-order valence-electron chi connectivity index (χ1n) is 11.4. The minimum atomic E-state index is -1.11. The first kappa shape index (κ1) is 25.7. The van der Waals surface area contributed by atoms with Gasteiger partial charge in [-0.05, 0) is 63.1 Å². The Kier molecular flexibility index (Phi) is 6.77. The highest BCUT2D eigenvalue weighted by atomic mass is 35.5. The number of likely N-dealkylation sites (tertiary alicyclic amines) is 1. The van der Waals surface area contributed by atoms with Gasteiger partial charge in [0.1, 0.15) is 17.6 Å². The fourth-order valence-electron chi connectivity index (χ4n) is 5.43. The van der Waals surface area contributed by atoms with E-state index in [0.29, 0.717) is 32.7 Å². The third-order valence-electron chi connectivity index (χ3n) is 6.48. The van der Waals surface area contributed by atoms with Crippen molar-refractivity contribution in [3.05, 3.63) is 75.8 Å². The topological polar surface area (TPSA) is 58.6 Å². The van der Waals surface area contributed by atoms with Crippen molar-refractivity contribution in [3.63, 3.8) is 0 Å².